The zero-order valence-corrected chi connectivity index (χ0v) is 23.7. The van der Waals surface area contributed by atoms with E-state index in [1.807, 2.05) is 36.5 Å². The molecule has 1 aliphatic carbocycles. The highest BCUT2D eigenvalue weighted by Gasteiger charge is 2.37. The molecule has 3 atom stereocenters. The van der Waals surface area contributed by atoms with E-state index in [1.165, 1.54) is 22.4 Å². The molecular formula is C37H31ClN2O. The average molecular weight is 555 g/mol. The Bertz CT molecular complexity index is 1770. The Balaban J connectivity index is 1.15. The average Bonchev–Trinajstić information content (AvgIpc) is 3.50. The highest BCUT2D eigenvalue weighted by Crippen LogP contribution is 2.50. The predicted molar refractivity (Wildman–Crippen MR) is 171 cm³/mol. The lowest BCUT2D eigenvalue weighted by Crippen LogP contribution is -2.29. The lowest BCUT2D eigenvalue weighted by atomic mass is 9.76. The minimum absolute atomic E-state index is 0.272. The van der Waals surface area contributed by atoms with Gasteiger partial charge in [-0.05, 0) is 83.1 Å². The Kier molecular flexibility index (Phi) is 6.82. The second-order valence-electron chi connectivity index (χ2n) is 11.0. The van der Waals surface area contributed by atoms with Crippen molar-refractivity contribution in [3.63, 3.8) is 0 Å². The zero-order valence-electron chi connectivity index (χ0n) is 22.9. The number of benzene rings is 5. The Morgan fingerprint density at radius 2 is 1.76 bits per heavy atom. The molecule has 1 N–H and O–H groups in total. The molecule has 4 heteroatoms. The smallest absolute Gasteiger partial charge is 0.129 e. The second-order valence-corrected chi connectivity index (χ2v) is 11.5. The molecule has 5 aromatic carbocycles. The van der Waals surface area contributed by atoms with Gasteiger partial charge in [0.25, 0.3) is 0 Å². The molecule has 0 aromatic heterocycles. The first-order chi connectivity index (χ1) is 20.1. The van der Waals surface area contributed by atoms with E-state index >= 15 is 0 Å². The van der Waals surface area contributed by atoms with Gasteiger partial charge >= 0.3 is 0 Å². The summed E-state index contributed by atoms with van der Waals surface area (Å²) in [5, 5.41) is 6.83. The van der Waals surface area contributed by atoms with Gasteiger partial charge in [0.1, 0.15) is 12.4 Å². The third kappa shape index (κ3) is 5.14. The number of rotatable bonds is 6. The van der Waals surface area contributed by atoms with E-state index in [9.17, 15) is 0 Å². The van der Waals surface area contributed by atoms with Gasteiger partial charge in [-0.2, -0.15) is 0 Å². The molecule has 0 radical (unpaired) electrons. The van der Waals surface area contributed by atoms with Gasteiger partial charge in [0.05, 0.1) is 11.7 Å². The van der Waals surface area contributed by atoms with Crippen molar-refractivity contribution in [2.24, 2.45) is 10.9 Å². The van der Waals surface area contributed by atoms with Crippen LogP contribution in [-0.4, -0.2) is 6.21 Å². The van der Waals surface area contributed by atoms with Crippen LogP contribution in [0.4, 0.5) is 11.4 Å². The lowest BCUT2D eigenvalue weighted by molar-refractivity contribution is 0.306. The normalized spacial score (nSPS) is 19.2. The molecule has 0 amide bonds. The number of nitrogens with one attached hydrogen (secondary N) is 1. The van der Waals surface area contributed by atoms with E-state index in [2.05, 4.69) is 97.2 Å². The molecule has 1 aliphatic heterocycles. The maximum Gasteiger partial charge on any atom is 0.129 e. The summed E-state index contributed by atoms with van der Waals surface area (Å²) in [6.07, 6.45) is 7.77. The number of hydrogen-bond acceptors (Lipinski definition) is 3. The summed E-state index contributed by atoms with van der Waals surface area (Å²) in [4.78, 5) is 4.90. The number of hydrogen-bond donors (Lipinski definition) is 1. The Morgan fingerprint density at radius 1 is 0.927 bits per heavy atom. The molecule has 1 heterocycles. The molecule has 41 heavy (non-hydrogen) atoms. The number of ether oxygens (including phenoxy) is 1. The van der Waals surface area contributed by atoms with Crippen LogP contribution in [0.5, 0.6) is 5.75 Å². The molecule has 0 unspecified atom stereocenters. The summed E-state index contributed by atoms with van der Waals surface area (Å²) in [6, 6.07) is 36.0. The third-order valence-electron chi connectivity index (χ3n) is 8.35. The van der Waals surface area contributed by atoms with Gasteiger partial charge in [0.15, 0.2) is 0 Å². The fraction of sp³-hybridized carbons (Fsp3) is 0.162. The summed E-state index contributed by atoms with van der Waals surface area (Å²) in [6.45, 7) is 2.63. The zero-order chi connectivity index (χ0) is 27.8. The van der Waals surface area contributed by atoms with Gasteiger partial charge in [-0.25, -0.2) is 0 Å². The van der Waals surface area contributed by atoms with Gasteiger partial charge in [0.2, 0.25) is 0 Å². The summed E-state index contributed by atoms with van der Waals surface area (Å²) in [5.41, 5.74) is 8.24. The lowest BCUT2D eigenvalue weighted by Gasteiger charge is -2.37. The highest BCUT2D eigenvalue weighted by molar-refractivity contribution is 6.30. The van der Waals surface area contributed by atoms with Crippen LogP contribution in [0.15, 0.2) is 120 Å². The first-order valence-corrected chi connectivity index (χ1v) is 14.6. The van der Waals surface area contributed by atoms with E-state index in [-0.39, 0.29) is 6.04 Å². The van der Waals surface area contributed by atoms with E-state index in [0.717, 1.165) is 44.8 Å². The molecule has 0 spiro atoms. The first-order valence-electron chi connectivity index (χ1n) is 14.2. The van der Waals surface area contributed by atoms with Gasteiger partial charge in [-0.15, -0.1) is 0 Å². The second kappa shape index (κ2) is 10.9. The van der Waals surface area contributed by atoms with E-state index in [1.54, 1.807) is 0 Å². The number of halogens is 1. The molecule has 5 aromatic rings. The molecular weight excluding hydrogens is 524 g/mol. The number of aryl methyl sites for hydroxylation is 1. The minimum atomic E-state index is 0.272. The predicted octanol–water partition coefficient (Wildman–Crippen LogP) is 9.96. The van der Waals surface area contributed by atoms with Crippen molar-refractivity contribution in [2.45, 2.75) is 31.9 Å². The van der Waals surface area contributed by atoms with Crippen molar-refractivity contribution < 1.29 is 4.74 Å². The number of allylic oxidation sites excluding steroid dienone is 2. The fourth-order valence-corrected chi connectivity index (χ4v) is 6.35. The third-order valence-corrected chi connectivity index (χ3v) is 8.60. The van der Waals surface area contributed by atoms with Crippen molar-refractivity contribution in [3.05, 3.63) is 148 Å². The molecule has 202 valence electrons. The number of aliphatic imine (C=N–C) groups is 1. The minimum Gasteiger partial charge on any atom is -0.488 e. The molecule has 2 aliphatic rings. The maximum absolute atomic E-state index is 6.29. The quantitative estimate of drug-likeness (QED) is 0.167. The Labute approximate surface area is 246 Å². The van der Waals surface area contributed by atoms with Gasteiger partial charge in [-0.1, -0.05) is 96.0 Å². The summed E-state index contributed by atoms with van der Waals surface area (Å²) in [7, 11) is 0. The topological polar surface area (TPSA) is 33.6 Å². The molecule has 7 rings (SSSR count). The van der Waals surface area contributed by atoms with Crippen molar-refractivity contribution in [1.82, 2.24) is 0 Å². The molecule has 0 saturated heterocycles. The largest absolute Gasteiger partial charge is 0.488 e. The van der Waals surface area contributed by atoms with Crippen LogP contribution < -0.4 is 10.1 Å². The maximum atomic E-state index is 6.29. The Hall–Kier alpha value is -4.34. The standard InChI is InChI=1S/C37H31ClN2O/c1-24-9-19-35-33(21-24)31-7-4-8-32(31)37(40-35)27-12-17-29(18-13-27)39-22-34-30-6-3-2-5-26(30)14-20-36(34)41-23-25-10-15-28(38)16-11-25/h2-7,9-22,31-32,37,40H,8,23H2,1H3/t31-,32-,37+/m1/s1. The van der Waals surface area contributed by atoms with Gasteiger partial charge in [0, 0.05) is 28.4 Å². The molecule has 0 bridgehead atoms. The van der Waals surface area contributed by atoms with Crippen molar-refractivity contribution in [3.8, 4) is 5.75 Å². The fourth-order valence-electron chi connectivity index (χ4n) is 6.23. The van der Waals surface area contributed by atoms with Gasteiger partial charge in [-0.3, -0.25) is 4.99 Å². The summed E-state index contributed by atoms with van der Waals surface area (Å²) in [5.74, 6) is 1.79. The van der Waals surface area contributed by atoms with Crippen LogP contribution in [0.25, 0.3) is 10.8 Å². The molecule has 0 fully saturated rings. The number of anilines is 1. The Morgan fingerprint density at radius 3 is 2.61 bits per heavy atom. The van der Waals surface area contributed by atoms with Crippen LogP contribution in [0.1, 0.15) is 46.2 Å². The van der Waals surface area contributed by atoms with Crippen molar-refractivity contribution in [2.75, 3.05) is 5.32 Å². The van der Waals surface area contributed by atoms with Gasteiger partial charge < -0.3 is 10.1 Å². The van der Waals surface area contributed by atoms with Crippen LogP contribution >= 0.6 is 11.6 Å². The van der Waals surface area contributed by atoms with Crippen molar-refractivity contribution in [1.29, 1.82) is 0 Å². The highest BCUT2D eigenvalue weighted by atomic mass is 35.5. The SMILES string of the molecule is Cc1ccc2c(c1)[C@@H]1C=CC[C@H]1[C@H](c1ccc(N=Cc3c(OCc4ccc(Cl)cc4)ccc4ccccc34)cc1)N2. The first kappa shape index (κ1) is 25.6. The van der Waals surface area contributed by atoms with Crippen molar-refractivity contribution >= 4 is 40.0 Å². The van der Waals surface area contributed by atoms with E-state index in [4.69, 9.17) is 21.3 Å². The van der Waals surface area contributed by atoms with Crippen LogP contribution in [-0.2, 0) is 6.61 Å². The molecule has 3 nitrogen and oxygen atoms in total. The van der Waals surface area contributed by atoms with E-state index in [0.29, 0.717) is 18.4 Å². The summed E-state index contributed by atoms with van der Waals surface area (Å²) >= 11 is 6.06. The number of nitrogens with zero attached hydrogens (tertiary/aromatic N) is 1. The van der Waals surface area contributed by atoms with E-state index < -0.39 is 0 Å². The van der Waals surface area contributed by atoms with Crippen LogP contribution in [0.3, 0.4) is 0 Å². The monoisotopic (exact) mass is 554 g/mol. The number of fused-ring (bicyclic) bond motifs is 4. The summed E-state index contributed by atoms with van der Waals surface area (Å²) < 4.78 is 6.29. The van der Waals surface area contributed by atoms with Crippen LogP contribution in [0.2, 0.25) is 5.02 Å². The molecule has 0 saturated carbocycles. The van der Waals surface area contributed by atoms with Crippen LogP contribution in [0, 0.1) is 12.8 Å².